The summed E-state index contributed by atoms with van der Waals surface area (Å²) >= 11 is 0. The van der Waals surface area contributed by atoms with Gasteiger partial charge in [0.25, 0.3) is 0 Å². The van der Waals surface area contributed by atoms with E-state index in [-0.39, 0.29) is 13.2 Å². The highest BCUT2D eigenvalue weighted by atomic mass is 16.4. The molecule has 0 aromatic heterocycles. The Kier molecular flexibility index (Phi) is 11.9. The Labute approximate surface area is 74.6 Å². The third-order valence-corrected chi connectivity index (χ3v) is 0.833. The number of carboxylic acid groups (broad SMARTS) is 2. The van der Waals surface area contributed by atoms with E-state index in [1.807, 2.05) is 5.32 Å². The van der Waals surface area contributed by atoms with E-state index < -0.39 is 11.9 Å². The molecule has 0 saturated heterocycles. The first-order chi connectivity index (χ1) is 6.06. The average molecular weight is 194 g/mol. The van der Waals surface area contributed by atoms with Gasteiger partial charge in [0.2, 0.25) is 0 Å². The second-order valence-corrected chi connectivity index (χ2v) is 1.89. The molecule has 0 atom stereocenters. The molecule has 0 rings (SSSR count). The number of aliphatic carboxylic acids is 2. The van der Waals surface area contributed by atoms with Gasteiger partial charge in [0.1, 0.15) is 0 Å². The highest BCUT2D eigenvalue weighted by Gasteiger charge is 1.82. The first-order valence-electron chi connectivity index (χ1n) is 3.52. The molecular weight excluding hydrogens is 182 g/mol. The maximum atomic E-state index is 8.93. The van der Waals surface area contributed by atoms with E-state index in [0.717, 1.165) is 0 Å². The number of rotatable bonds is 4. The second kappa shape index (κ2) is 10.8. The van der Waals surface area contributed by atoms with Crippen molar-refractivity contribution >= 4 is 11.9 Å². The minimum Gasteiger partial charge on any atom is -0.543 e. The molecule has 0 spiro atoms. The van der Waals surface area contributed by atoms with Crippen LogP contribution in [0.5, 0.6) is 0 Å². The number of aliphatic hydroxyl groups is 2. The topological polar surface area (TPSA) is 137 Å². The van der Waals surface area contributed by atoms with Gasteiger partial charge in [0, 0.05) is 0 Å². The summed E-state index contributed by atoms with van der Waals surface area (Å²) in [4.78, 5) is 17.9. The predicted molar refractivity (Wildman–Crippen MR) is 35.8 cm³/mol. The van der Waals surface area contributed by atoms with Crippen LogP contribution in [0.25, 0.3) is 0 Å². The standard InChI is InChI=1S/C4H11NO2.C2H2O4/c6-3-1-5-2-4-7;3-1(4)2(5)6/h5-7H,1-4H2;(H,3,4)(H,5,6)/p-1. The number of carbonyl (C=O) groups excluding carboxylic acids is 2. The lowest BCUT2D eigenvalue weighted by Gasteiger charge is -1.97. The smallest absolute Gasteiger partial charge is 0.0991 e. The number of carboxylic acids is 2. The van der Waals surface area contributed by atoms with E-state index in [1.54, 1.807) is 0 Å². The van der Waals surface area contributed by atoms with Gasteiger partial charge in [-0.25, -0.2) is 0 Å². The second-order valence-electron chi connectivity index (χ2n) is 1.89. The fourth-order valence-electron chi connectivity index (χ4n) is 0.327. The van der Waals surface area contributed by atoms with Crippen molar-refractivity contribution in [3.05, 3.63) is 0 Å². The Hall–Kier alpha value is -1.18. The molecule has 0 saturated carbocycles. The summed E-state index contributed by atoms with van der Waals surface area (Å²) in [6, 6.07) is 0. The minimum atomic E-state index is -2.19. The van der Waals surface area contributed by atoms with Crippen molar-refractivity contribution in [2.24, 2.45) is 0 Å². The normalized spacial score (nSPS) is 8.46. The van der Waals surface area contributed by atoms with Gasteiger partial charge < -0.3 is 35.3 Å². The number of hydrogen-bond donors (Lipinski definition) is 3. The van der Waals surface area contributed by atoms with Crippen LogP contribution in [0.3, 0.4) is 0 Å². The van der Waals surface area contributed by atoms with Gasteiger partial charge in [0.15, 0.2) is 0 Å². The van der Waals surface area contributed by atoms with Crippen molar-refractivity contribution in [1.82, 2.24) is 0 Å². The lowest BCUT2D eigenvalue weighted by Crippen LogP contribution is -2.85. The van der Waals surface area contributed by atoms with E-state index in [1.165, 1.54) is 0 Å². The van der Waals surface area contributed by atoms with Crippen molar-refractivity contribution in [1.29, 1.82) is 0 Å². The van der Waals surface area contributed by atoms with Gasteiger partial charge >= 0.3 is 0 Å². The highest BCUT2D eigenvalue weighted by Crippen LogP contribution is 1.41. The molecule has 0 aromatic carbocycles. The van der Waals surface area contributed by atoms with Gasteiger partial charge in [-0.2, -0.15) is 0 Å². The largest absolute Gasteiger partial charge is 0.543 e. The van der Waals surface area contributed by atoms with Crippen LogP contribution in [-0.4, -0.2) is 48.5 Å². The molecule has 0 aliphatic rings. The molecule has 0 radical (unpaired) electrons. The zero-order chi connectivity index (χ0) is 10.7. The van der Waals surface area contributed by atoms with Crippen molar-refractivity contribution in [3.8, 4) is 0 Å². The van der Waals surface area contributed by atoms with E-state index in [4.69, 9.17) is 30.0 Å². The van der Waals surface area contributed by atoms with Gasteiger partial charge in [-0.1, -0.05) is 0 Å². The van der Waals surface area contributed by atoms with Gasteiger partial charge in [-0.15, -0.1) is 0 Å². The molecule has 13 heavy (non-hydrogen) atoms. The molecule has 0 aliphatic heterocycles. The molecule has 7 heteroatoms. The summed E-state index contributed by atoms with van der Waals surface area (Å²) in [5.74, 6) is -4.37. The average Bonchev–Trinajstić information content (AvgIpc) is 2.06. The fraction of sp³-hybridized carbons (Fsp3) is 0.667. The number of carbonyl (C=O) groups is 2. The Morgan fingerprint density at radius 3 is 1.46 bits per heavy atom. The maximum absolute atomic E-state index is 8.93. The molecule has 0 aliphatic carbocycles. The summed E-state index contributed by atoms with van der Waals surface area (Å²) in [5, 5.41) is 36.1. The SMILES string of the molecule is O=C([O-])C(=O)[O-].OCC[NH2+]CCO. The summed E-state index contributed by atoms with van der Waals surface area (Å²) in [6.45, 7) is 1.78. The van der Waals surface area contributed by atoms with Crippen LogP contribution >= 0.6 is 0 Å². The minimum absolute atomic E-state index is 0.194. The van der Waals surface area contributed by atoms with E-state index in [9.17, 15) is 0 Å². The van der Waals surface area contributed by atoms with Crippen molar-refractivity contribution in [3.63, 3.8) is 0 Å². The lowest BCUT2D eigenvalue weighted by atomic mass is 10.6. The Morgan fingerprint density at radius 2 is 1.31 bits per heavy atom. The van der Waals surface area contributed by atoms with E-state index >= 15 is 0 Å². The van der Waals surface area contributed by atoms with E-state index in [2.05, 4.69) is 0 Å². The number of hydrogen-bond acceptors (Lipinski definition) is 6. The molecule has 0 fully saturated rings. The molecule has 7 nitrogen and oxygen atoms in total. The zero-order valence-corrected chi connectivity index (χ0v) is 6.93. The van der Waals surface area contributed by atoms with Crippen LogP contribution in [-0.2, 0) is 9.59 Å². The number of quaternary nitrogens is 1. The molecule has 0 amide bonds. The number of aliphatic hydroxyl groups excluding tert-OH is 2. The molecule has 4 N–H and O–H groups in total. The summed E-state index contributed by atoms with van der Waals surface area (Å²) < 4.78 is 0. The lowest BCUT2D eigenvalue weighted by molar-refractivity contribution is -0.657. The molecule has 0 bridgehead atoms. The third kappa shape index (κ3) is 18.1. The Morgan fingerprint density at radius 1 is 1.00 bits per heavy atom. The van der Waals surface area contributed by atoms with Crippen molar-refractivity contribution in [2.45, 2.75) is 0 Å². The summed E-state index contributed by atoms with van der Waals surface area (Å²) in [6.07, 6.45) is 0. The van der Waals surface area contributed by atoms with Gasteiger partial charge in [0.05, 0.1) is 38.2 Å². The maximum Gasteiger partial charge on any atom is 0.0991 e. The van der Waals surface area contributed by atoms with Gasteiger partial charge in [-0.3, -0.25) is 0 Å². The van der Waals surface area contributed by atoms with E-state index in [0.29, 0.717) is 13.1 Å². The number of nitrogens with two attached hydrogens (primary N) is 1. The summed E-state index contributed by atoms with van der Waals surface area (Å²) in [7, 11) is 0. The third-order valence-electron chi connectivity index (χ3n) is 0.833. The first kappa shape index (κ1) is 14.3. The monoisotopic (exact) mass is 194 g/mol. The molecule has 0 unspecified atom stereocenters. The van der Waals surface area contributed by atoms with Crippen LogP contribution in [0.15, 0.2) is 0 Å². The summed E-state index contributed by atoms with van der Waals surface area (Å²) in [5.41, 5.74) is 0. The Bertz CT molecular complexity index is 132. The zero-order valence-electron chi connectivity index (χ0n) is 6.93. The highest BCUT2D eigenvalue weighted by molar-refractivity contribution is 6.25. The van der Waals surface area contributed by atoms with Crippen LogP contribution in [0.4, 0.5) is 0 Å². The Balaban J connectivity index is 0. The molecule has 0 heterocycles. The quantitative estimate of drug-likeness (QED) is 0.301. The predicted octanol–water partition coefficient (Wildman–Crippen LogP) is -5.98. The fourth-order valence-corrected chi connectivity index (χ4v) is 0.327. The van der Waals surface area contributed by atoms with Crippen LogP contribution in [0.1, 0.15) is 0 Å². The molecular formula is C6H12NO6-. The van der Waals surface area contributed by atoms with Crippen LogP contribution < -0.4 is 15.5 Å². The van der Waals surface area contributed by atoms with Crippen LogP contribution in [0, 0.1) is 0 Å². The molecule has 78 valence electrons. The van der Waals surface area contributed by atoms with Gasteiger partial charge in [-0.05, 0) is 0 Å². The first-order valence-corrected chi connectivity index (χ1v) is 3.52. The van der Waals surface area contributed by atoms with Crippen LogP contribution in [0.2, 0.25) is 0 Å². The van der Waals surface area contributed by atoms with Crippen molar-refractivity contribution < 1.29 is 35.3 Å². The molecule has 0 aromatic rings. The van der Waals surface area contributed by atoms with Crippen molar-refractivity contribution in [2.75, 3.05) is 26.3 Å².